The van der Waals surface area contributed by atoms with Gasteiger partial charge in [0.2, 0.25) is 0 Å². The van der Waals surface area contributed by atoms with Crippen molar-refractivity contribution in [2.24, 2.45) is 5.73 Å². The lowest BCUT2D eigenvalue weighted by molar-refractivity contribution is 0.399. The molecule has 3 heteroatoms. The van der Waals surface area contributed by atoms with Crippen LogP contribution in [0, 0.1) is 20.8 Å². The first kappa shape index (κ1) is 12.7. The third-order valence-corrected chi connectivity index (χ3v) is 3.43. The SMILES string of the molecule is COc1c(C(N)c2occc2C)ccc(C)c1C. The topological polar surface area (TPSA) is 48.4 Å². The van der Waals surface area contributed by atoms with Crippen LogP contribution in [-0.4, -0.2) is 7.11 Å². The van der Waals surface area contributed by atoms with E-state index < -0.39 is 0 Å². The first-order valence-electron chi connectivity index (χ1n) is 6.00. The van der Waals surface area contributed by atoms with Crippen molar-refractivity contribution in [2.45, 2.75) is 26.8 Å². The van der Waals surface area contributed by atoms with Gasteiger partial charge in [0.15, 0.2) is 0 Å². The van der Waals surface area contributed by atoms with Crippen molar-refractivity contribution >= 4 is 0 Å². The highest BCUT2D eigenvalue weighted by atomic mass is 16.5. The molecule has 0 saturated carbocycles. The number of hydrogen-bond donors (Lipinski definition) is 1. The maximum absolute atomic E-state index is 6.28. The van der Waals surface area contributed by atoms with Crippen LogP contribution in [0.15, 0.2) is 28.9 Å². The molecule has 1 unspecified atom stereocenters. The summed E-state index contributed by atoms with van der Waals surface area (Å²) in [4.78, 5) is 0. The van der Waals surface area contributed by atoms with Gasteiger partial charge in [0.1, 0.15) is 11.5 Å². The van der Waals surface area contributed by atoms with Gasteiger partial charge >= 0.3 is 0 Å². The van der Waals surface area contributed by atoms with Crippen LogP contribution in [0.5, 0.6) is 5.75 Å². The van der Waals surface area contributed by atoms with Crippen LogP contribution >= 0.6 is 0 Å². The van der Waals surface area contributed by atoms with E-state index >= 15 is 0 Å². The summed E-state index contributed by atoms with van der Waals surface area (Å²) < 4.78 is 11.0. The highest BCUT2D eigenvalue weighted by Gasteiger charge is 2.20. The molecule has 96 valence electrons. The summed E-state index contributed by atoms with van der Waals surface area (Å²) >= 11 is 0. The minimum Gasteiger partial charge on any atom is -0.496 e. The van der Waals surface area contributed by atoms with Crippen LogP contribution in [0.25, 0.3) is 0 Å². The third-order valence-electron chi connectivity index (χ3n) is 3.43. The molecule has 0 amide bonds. The van der Waals surface area contributed by atoms with Crippen LogP contribution in [-0.2, 0) is 0 Å². The van der Waals surface area contributed by atoms with Gasteiger partial charge in [0.05, 0.1) is 19.4 Å². The molecule has 0 fully saturated rings. The monoisotopic (exact) mass is 245 g/mol. The molecule has 0 radical (unpaired) electrons. The highest BCUT2D eigenvalue weighted by molar-refractivity contribution is 5.49. The van der Waals surface area contributed by atoms with Crippen molar-refractivity contribution < 1.29 is 9.15 Å². The van der Waals surface area contributed by atoms with E-state index in [1.54, 1.807) is 13.4 Å². The molecule has 0 spiro atoms. The molecule has 0 saturated heterocycles. The fraction of sp³-hybridized carbons (Fsp3) is 0.333. The molecule has 0 bridgehead atoms. The molecule has 2 aromatic rings. The minimum atomic E-state index is -0.297. The number of rotatable bonds is 3. The zero-order valence-corrected chi connectivity index (χ0v) is 11.3. The van der Waals surface area contributed by atoms with Gasteiger partial charge in [-0.25, -0.2) is 0 Å². The smallest absolute Gasteiger partial charge is 0.128 e. The molecular formula is C15H19NO2. The Hall–Kier alpha value is -1.74. The summed E-state index contributed by atoms with van der Waals surface area (Å²) in [6, 6.07) is 5.69. The molecule has 18 heavy (non-hydrogen) atoms. The quantitative estimate of drug-likeness (QED) is 0.902. The van der Waals surface area contributed by atoms with Crippen LogP contribution < -0.4 is 10.5 Å². The lowest BCUT2D eigenvalue weighted by Gasteiger charge is -2.18. The van der Waals surface area contributed by atoms with E-state index in [-0.39, 0.29) is 6.04 Å². The predicted molar refractivity (Wildman–Crippen MR) is 71.9 cm³/mol. The zero-order chi connectivity index (χ0) is 13.3. The van der Waals surface area contributed by atoms with E-state index in [2.05, 4.69) is 13.0 Å². The maximum atomic E-state index is 6.28. The Labute approximate surface area is 108 Å². The van der Waals surface area contributed by atoms with E-state index in [1.165, 1.54) is 5.56 Å². The van der Waals surface area contributed by atoms with Crippen molar-refractivity contribution in [2.75, 3.05) is 7.11 Å². The van der Waals surface area contributed by atoms with E-state index in [4.69, 9.17) is 14.9 Å². The standard InChI is InChI=1S/C15H19NO2/c1-9-5-6-12(15(17-4)11(9)3)13(16)14-10(2)7-8-18-14/h5-8,13H,16H2,1-4H3. The predicted octanol–water partition coefficient (Wildman–Crippen LogP) is 3.26. The third kappa shape index (κ3) is 2.02. The molecule has 1 heterocycles. The van der Waals surface area contributed by atoms with Crippen LogP contribution in [0.3, 0.4) is 0 Å². The summed E-state index contributed by atoms with van der Waals surface area (Å²) in [6.45, 7) is 6.09. The normalized spacial score (nSPS) is 12.5. The summed E-state index contributed by atoms with van der Waals surface area (Å²) in [5.74, 6) is 1.63. The summed E-state index contributed by atoms with van der Waals surface area (Å²) in [5.41, 5.74) is 10.6. The summed E-state index contributed by atoms with van der Waals surface area (Å²) in [5, 5.41) is 0. The van der Waals surface area contributed by atoms with E-state index in [0.717, 1.165) is 28.2 Å². The fourth-order valence-electron chi connectivity index (χ4n) is 2.17. The number of hydrogen-bond acceptors (Lipinski definition) is 3. The Kier molecular flexibility index (Phi) is 3.43. The molecule has 1 aromatic carbocycles. The second-order valence-electron chi connectivity index (χ2n) is 4.58. The molecular weight excluding hydrogens is 226 g/mol. The largest absolute Gasteiger partial charge is 0.496 e. The molecule has 2 rings (SSSR count). The Morgan fingerprint density at radius 3 is 2.39 bits per heavy atom. The van der Waals surface area contributed by atoms with Gasteiger partial charge in [0, 0.05) is 5.56 Å². The van der Waals surface area contributed by atoms with Gasteiger partial charge in [-0.1, -0.05) is 12.1 Å². The Bertz CT molecular complexity index is 558. The van der Waals surface area contributed by atoms with E-state index in [0.29, 0.717) is 0 Å². The van der Waals surface area contributed by atoms with E-state index in [9.17, 15) is 0 Å². The fourth-order valence-corrected chi connectivity index (χ4v) is 2.17. The van der Waals surface area contributed by atoms with Crippen molar-refractivity contribution in [3.05, 3.63) is 52.5 Å². The molecule has 3 nitrogen and oxygen atoms in total. The van der Waals surface area contributed by atoms with Crippen molar-refractivity contribution in [1.29, 1.82) is 0 Å². The summed E-state index contributed by atoms with van der Waals surface area (Å²) in [7, 11) is 1.67. The van der Waals surface area contributed by atoms with Crippen molar-refractivity contribution in [3.63, 3.8) is 0 Å². The van der Waals surface area contributed by atoms with E-state index in [1.807, 2.05) is 26.0 Å². The maximum Gasteiger partial charge on any atom is 0.128 e. The van der Waals surface area contributed by atoms with Gasteiger partial charge in [-0.05, 0) is 43.5 Å². The number of benzene rings is 1. The molecule has 1 aromatic heterocycles. The Balaban J connectivity index is 2.52. The lowest BCUT2D eigenvalue weighted by atomic mass is 9.97. The van der Waals surface area contributed by atoms with Crippen LogP contribution in [0.2, 0.25) is 0 Å². The van der Waals surface area contributed by atoms with Crippen molar-refractivity contribution in [1.82, 2.24) is 0 Å². The van der Waals surface area contributed by atoms with Crippen LogP contribution in [0.1, 0.15) is 34.1 Å². The Morgan fingerprint density at radius 1 is 1.11 bits per heavy atom. The number of nitrogens with two attached hydrogens (primary N) is 1. The highest BCUT2D eigenvalue weighted by Crippen LogP contribution is 2.33. The van der Waals surface area contributed by atoms with Gasteiger partial charge < -0.3 is 14.9 Å². The molecule has 0 aliphatic carbocycles. The number of aryl methyl sites for hydroxylation is 2. The first-order chi connectivity index (χ1) is 8.56. The first-order valence-corrected chi connectivity index (χ1v) is 6.00. The summed E-state index contributed by atoms with van der Waals surface area (Å²) in [6.07, 6.45) is 1.66. The second kappa shape index (κ2) is 4.86. The number of furan rings is 1. The lowest BCUT2D eigenvalue weighted by Crippen LogP contribution is -2.14. The minimum absolute atomic E-state index is 0.297. The van der Waals surface area contributed by atoms with Gasteiger partial charge in [-0.3, -0.25) is 0 Å². The molecule has 2 N–H and O–H groups in total. The zero-order valence-electron chi connectivity index (χ0n) is 11.3. The second-order valence-corrected chi connectivity index (χ2v) is 4.58. The molecule has 0 aliphatic heterocycles. The Morgan fingerprint density at radius 2 is 1.83 bits per heavy atom. The van der Waals surface area contributed by atoms with Gasteiger partial charge in [0.25, 0.3) is 0 Å². The molecule has 1 atom stereocenters. The average molecular weight is 245 g/mol. The molecule has 0 aliphatic rings. The van der Waals surface area contributed by atoms with Gasteiger partial charge in [-0.15, -0.1) is 0 Å². The van der Waals surface area contributed by atoms with Crippen LogP contribution in [0.4, 0.5) is 0 Å². The van der Waals surface area contributed by atoms with Gasteiger partial charge in [-0.2, -0.15) is 0 Å². The number of methoxy groups -OCH3 is 1. The average Bonchev–Trinajstić information content (AvgIpc) is 2.78. The number of ether oxygens (including phenoxy) is 1. The van der Waals surface area contributed by atoms with Crippen molar-refractivity contribution in [3.8, 4) is 5.75 Å².